The van der Waals surface area contributed by atoms with Gasteiger partial charge in [-0.15, -0.1) is 0 Å². The molecule has 2 aliphatic rings. The first-order valence-corrected chi connectivity index (χ1v) is 17.6. The lowest BCUT2D eigenvalue weighted by Crippen LogP contribution is -2.42. The summed E-state index contributed by atoms with van der Waals surface area (Å²) in [6, 6.07) is 3.75. The molecule has 2 atom stereocenters. The summed E-state index contributed by atoms with van der Waals surface area (Å²) in [6.07, 6.45) is 7.31. The van der Waals surface area contributed by atoms with Gasteiger partial charge in [-0.2, -0.15) is 10.2 Å². The molecule has 12 nitrogen and oxygen atoms in total. The fraction of sp³-hybridized carbons (Fsp3) is 0.611. The molecular formula is C36H51ClN8O4. The number of aryl methyl sites for hydroxylation is 3. The van der Waals surface area contributed by atoms with E-state index in [4.69, 9.17) is 21.1 Å². The fourth-order valence-electron chi connectivity index (χ4n) is 6.18. The molecule has 0 unspecified atom stereocenters. The van der Waals surface area contributed by atoms with E-state index in [1.807, 2.05) is 92.5 Å². The van der Waals surface area contributed by atoms with Gasteiger partial charge in [0.1, 0.15) is 16.4 Å². The third-order valence-electron chi connectivity index (χ3n) is 8.88. The standard InChI is InChI=1S/C18H25ClN4O2.C18H26N4O2/c1-11-12(2)20-15-10-13(21-23(15)16(11)19)14-8-6-7-9-22(14)17(24)25-18(3,4)5;1-12-11-22-16(19-13(12)2)10-14(20-22)15-8-6-7-9-21(15)17(23)24-18(3,4)5/h10,14H,6-9H2,1-5H3;10-11,15H,6-9H2,1-5H3/t14-;15-/m00/s1. The predicted molar refractivity (Wildman–Crippen MR) is 189 cm³/mol. The Hall–Kier alpha value is -3.93. The molecule has 0 saturated carbocycles. The zero-order chi connectivity index (χ0) is 35.8. The normalized spacial score (nSPS) is 18.8. The van der Waals surface area contributed by atoms with Gasteiger partial charge in [0, 0.05) is 48.4 Å². The summed E-state index contributed by atoms with van der Waals surface area (Å²) in [4.78, 5) is 37.9. The van der Waals surface area contributed by atoms with Gasteiger partial charge in [-0.1, -0.05) is 11.6 Å². The second-order valence-corrected chi connectivity index (χ2v) is 15.6. The van der Waals surface area contributed by atoms with Crippen molar-refractivity contribution in [2.75, 3.05) is 13.1 Å². The van der Waals surface area contributed by atoms with Crippen molar-refractivity contribution in [3.05, 3.63) is 57.4 Å². The van der Waals surface area contributed by atoms with E-state index >= 15 is 0 Å². The lowest BCUT2D eigenvalue weighted by Gasteiger charge is -2.35. The van der Waals surface area contributed by atoms with E-state index in [0.717, 1.165) is 78.1 Å². The number of ether oxygens (including phenoxy) is 2. The van der Waals surface area contributed by atoms with E-state index in [1.54, 1.807) is 13.9 Å². The Balaban J connectivity index is 0.000000191. The van der Waals surface area contributed by atoms with E-state index in [0.29, 0.717) is 23.9 Å². The van der Waals surface area contributed by atoms with Crippen molar-refractivity contribution in [3.8, 4) is 0 Å². The maximum atomic E-state index is 12.6. The number of fused-ring (bicyclic) bond motifs is 2. The Labute approximate surface area is 294 Å². The molecule has 49 heavy (non-hydrogen) atoms. The third kappa shape index (κ3) is 8.45. The van der Waals surface area contributed by atoms with Crippen LogP contribution in [0.15, 0.2) is 18.3 Å². The number of hydrogen-bond donors (Lipinski definition) is 0. The van der Waals surface area contributed by atoms with Crippen LogP contribution in [0, 0.1) is 27.7 Å². The summed E-state index contributed by atoms with van der Waals surface area (Å²) in [6.45, 7) is 20.6. The maximum Gasteiger partial charge on any atom is 0.410 e. The fourth-order valence-corrected chi connectivity index (χ4v) is 6.44. The van der Waals surface area contributed by atoms with Crippen LogP contribution in [-0.4, -0.2) is 75.5 Å². The summed E-state index contributed by atoms with van der Waals surface area (Å²) in [7, 11) is 0. The first-order chi connectivity index (χ1) is 22.9. The topological polar surface area (TPSA) is 119 Å². The highest BCUT2D eigenvalue weighted by atomic mass is 35.5. The zero-order valence-corrected chi connectivity index (χ0v) is 31.4. The minimum atomic E-state index is -0.517. The lowest BCUT2D eigenvalue weighted by atomic mass is 10.00. The van der Waals surface area contributed by atoms with Crippen LogP contribution in [0.4, 0.5) is 9.59 Å². The predicted octanol–water partition coefficient (Wildman–Crippen LogP) is 8.27. The first-order valence-electron chi connectivity index (χ1n) is 17.3. The molecule has 0 bridgehead atoms. The van der Waals surface area contributed by atoms with Crippen LogP contribution < -0.4 is 0 Å². The average molecular weight is 695 g/mol. The monoisotopic (exact) mass is 694 g/mol. The number of nitrogens with zero attached hydrogens (tertiary/aromatic N) is 8. The van der Waals surface area contributed by atoms with Gasteiger partial charge >= 0.3 is 12.2 Å². The summed E-state index contributed by atoms with van der Waals surface area (Å²) in [5.41, 5.74) is 6.12. The number of amides is 2. The largest absolute Gasteiger partial charge is 0.444 e. The van der Waals surface area contributed by atoms with Gasteiger partial charge < -0.3 is 9.47 Å². The highest BCUT2D eigenvalue weighted by molar-refractivity contribution is 6.30. The molecule has 0 aliphatic carbocycles. The van der Waals surface area contributed by atoms with E-state index < -0.39 is 11.2 Å². The Morgan fingerprint density at radius 1 is 0.735 bits per heavy atom. The molecule has 0 N–H and O–H groups in total. The summed E-state index contributed by atoms with van der Waals surface area (Å²) in [5.74, 6) is 0. The average Bonchev–Trinajstić information content (AvgIpc) is 3.63. The number of likely N-dealkylation sites (tertiary alicyclic amines) is 2. The van der Waals surface area contributed by atoms with Crippen LogP contribution in [0.3, 0.4) is 0 Å². The van der Waals surface area contributed by atoms with Crippen LogP contribution in [-0.2, 0) is 9.47 Å². The highest BCUT2D eigenvalue weighted by Gasteiger charge is 2.34. The molecule has 2 amide bonds. The van der Waals surface area contributed by atoms with E-state index in [2.05, 4.69) is 20.2 Å². The Kier molecular flexibility index (Phi) is 10.5. The summed E-state index contributed by atoms with van der Waals surface area (Å²) in [5, 5.41) is 9.88. The summed E-state index contributed by atoms with van der Waals surface area (Å²) >= 11 is 6.42. The molecular weight excluding hydrogens is 644 g/mol. The van der Waals surface area contributed by atoms with Crippen molar-refractivity contribution in [3.63, 3.8) is 0 Å². The van der Waals surface area contributed by atoms with Gasteiger partial charge in [0.25, 0.3) is 0 Å². The molecule has 13 heteroatoms. The second kappa shape index (κ2) is 14.1. The zero-order valence-electron chi connectivity index (χ0n) is 30.6. The van der Waals surface area contributed by atoms with Gasteiger partial charge in [-0.25, -0.2) is 28.6 Å². The van der Waals surface area contributed by atoms with Gasteiger partial charge in [-0.05, 0) is 113 Å². The number of carbonyl (C=O) groups is 2. The molecule has 4 aromatic heterocycles. The van der Waals surface area contributed by atoms with Crippen molar-refractivity contribution in [2.45, 2.75) is 131 Å². The van der Waals surface area contributed by atoms with Crippen molar-refractivity contribution < 1.29 is 19.1 Å². The van der Waals surface area contributed by atoms with Gasteiger partial charge in [0.15, 0.2) is 11.3 Å². The Bertz CT molecular complexity index is 1800. The summed E-state index contributed by atoms with van der Waals surface area (Å²) < 4.78 is 14.6. The number of halogens is 1. The Morgan fingerprint density at radius 3 is 1.76 bits per heavy atom. The molecule has 2 fully saturated rings. The number of hydrogen-bond acceptors (Lipinski definition) is 8. The molecule has 6 heterocycles. The Morgan fingerprint density at radius 2 is 1.22 bits per heavy atom. The molecule has 6 rings (SSSR count). The lowest BCUT2D eigenvalue weighted by molar-refractivity contribution is 0.00800. The number of aromatic nitrogens is 6. The first kappa shape index (κ1) is 36.4. The molecule has 4 aromatic rings. The number of rotatable bonds is 2. The third-order valence-corrected chi connectivity index (χ3v) is 9.32. The van der Waals surface area contributed by atoms with E-state index in [9.17, 15) is 9.59 Å². The van der Waals surface area contributed by atoms with Crippen molar-refractivity contribution in [1.29, 1.82) is 0 Å². The van der Waals surface area contributed by atoms with Crippen LogP contribution in [0.1, 0.15) is 126 Å². The number of piperidine rings is 2. The molecule has 266 valence electrons. The quantitative estimate of drug-likeness (QED) is 0.192. The maximum absolute atomic E-state index is 12.6. The second-order valence-electron chi connectivity index (χ2n) is 15.2. The smallest absolute Gasteiger partial charge is 0.410 e. The minimum Gasteiger partial charge on any atom is -0.444 e. The van der Waals surface area contributed by atoms with Gasteiger partial charge in [0.2, 0.25) is 0 Å². The van der Waals surface area contributed by atoms with Crippen molar-refractivity contribution >= 4 is 35.1 Å². The van der Waals surface area contributed by atoms with Crippen LogP contribution >= 0.6 is 11.6 Å². The molecule has 0 radical (unpaired) electrons. The molecule has 0 spiro atoms. The van der Waals surface area contributed by atoms with Crippen LogP contribution in [0.2, 0.25) is 5.15 Å². The SMILES string of the molecule is Cc1cn2nc([C@@H]3CCCCN3C(=O)OC(C)(C)C)cc2nc1C.Cc1nc2cc([C@@H]3CCCCN3C(=O)OC(C)(C)C)nn2c(Cl)c1C. The van der Waals surface area contributed by atoms with Crippen LogP contribution in [0.25, 0.3) is 11.3 Å². The van der Waals surface area contributed by atoms with Gasteiger partial charge in [0.05, 0.1) is 23.5 Å². The van der Waals surface area contributed by atoms with Crippen molar-refractivity contribution in [2.24, 2.45) is 0 Å². The highest BCUT2D eigenvalue weighted by Crippen LogP contribution is 2.34. The minimum absolute atomic E-state index is 0.0455. The van der Waals surface area contributed by atoms with E-state index in [-0.39, 0.29) is 24.3 Å². The molecule has 2 saturated heterocycles. The van der Waals surface area contributed by atoms with Crippen molar-refractivity contribution in [1.82, 2.24) is 39.0 Å². The number of carbonyl (C=O) groups excluding carboxylic acids is 2. The molecule has 0 aromatic carbocycles. The van der Waals surface area contributed by atoms with Gasteiger partial charge in [-0.3, -0.25) is 9.80 Å². The molecule has 2 aliphatic heterocycles. The van der Waals surface area contributed by atoms with E-state index in [1.165, 1.54) is 0 Å². The van der Waals surface area contributed by atoms with Crippen LogP contribution in [0.5, 0.6) is 0 Å².